The van der Waals surface area contributed by atoms with Crippen LogP contribution in [-0.2, 0) is 0 Å². The third-order valence-electron chi connectivity index (χ3n) is 3.88. The second-order valence-corrected chi connectivity index (χ2v) is 6.27. The number of hydrogen-bond acceptors (Lipinski definition) is 1. The molecular weight excluding hydrogens is 249 g/mol. The lowest BCUT2D eigenvalue weighted by Gasteiger charge is -2.23. The summed E-state index contributed by atoms with van der Waals surface area (Å²) in [5, 5.41) is 3.08. The summed E-state index contributed by atoms with van der Waals surface area (Å²) in [4.78, 5) is 0. The van der Waals surface area contributed by atoms with Crippen molar-refractivity contribution in [2.45, 2.75) is 52.6 Å². The average Bonchev–Trinajstić information content (AvgIpc) is 2.42. The first-order chi connectivity index (χ1) is 9.24. The highest BCUT2D eigenvalue weighted by molar-refractivity contribution is 5.42. The molecule has 1 atom stereocenters. The number of halogens is 1. The van der Waals surface area contributed by atoms with E-state index >= 15 is 0 Å². The second kappa shape index (κ2) is 6.92. The zero-order valence-corrected chi connectivity index (χ0v) is 13.4. The summed E-state index contributed by atoms with van der Waals surface area (Å²) in [7, 11) is 0. The van der Waals surface area contributed by atoms with E-state index in [1.54, 1.807) is 13.8 Å². The fraction of sp³-hybridized carbons (Fsp3) is 0.556. The Balaban J connectivity index is 2.64. The van der Waals surface area contributed by atoms with Crippen LogP contribution < -0.4 is 5.32 Å². The fourth-order valence-electron chi connectivity index (χ4n) is 2.15. The Hall–Kier alpha value is -1.31. The van der Waals surface area contributed by atoms with Gasteiger partial charge in [0.1, 0.15) is 5.67 Å². The van der Waals surface area contributed by atoms with Crippen LogP contribution in [0.15, 0.2) is 47.7 Å². The molecule has 0 bridgehead atoms. The van der Waals surface area contributed by atoms with Gasteiger partial charge in [0.05, 0.1) is 0 Å². The van der Waals surface area contributed by atoms with Gasteiger partial charge in [-0.3, -0.25) is 0 Å². The maximum Gasteiger partial charge on any atom is 0.122 e. The number of nitrogens with one attached hydrogen (secondary N) is 1. The van der Waals surface area contributed by atoms with Crippen LogP contribution in [0.1, 0.15) is 47.0 Å². The predicted molar refractivity (Wildman–Crippen MR) is 86.3 cm³/mol. The van der Waals surface area contributed by atoms with Crippen LogP contribution in [0.3, 0.4) is 0 Å². The van der Waals surface area contributed by atoms with Crippen LogP contribution in [0.25, 0.3) is 0 Å². The van der Waals surface area contributed by atoms with E-state index in [2.05, 4.69) is 44.5 Å². The molecule has 1 nitrogen and oxygen atoms in total. The molecular formula is C18H28FN. The first-order valence-corrected chi connectivity index (χ1v) is 7.45. The van der Waals surface area contributed by atoms with Gasteiger partial charge in [-0.15, -0.1) is 0 Å². The molecule has 1 unspecified atom stereocenters. The minimum Gasteiger partial charge on any atom is -0.382 e. The van der Waals surface area contributed by atoms with Crippen LogP contribution in [0.5, 0.6) is 0 Å². The summed E-state index contributed by atoms with van der Waals surface area (Å²) in [6, 6.07) is 0. The molecule has 1 aliphatic rings. The highest BCUT2D eigenvalue weighted by atomic mass is 19.1. The number of alkyl halides is 1. The number of rotatable bonds is 7. The number of allylic oxidation sites excluding steroid dienone is 5. The molecule has 0 spiro atoms. The van der Waals surface area contributed by atoms with E-state index in [1.165, 1.54) is 11.1 Å². The zero-order valence-electron chi connectivity index (χ0n) is 13.4. The maximum atomic E-state index is 13.5. The van der Waals surface area contributed by atoms with Crippen molar-refractivity contribution < 1.29 is 4.39 Å². The molecule has 112 valence electrons. The second-order valence-electron chi connectivity index (χ2n) is 6.27. The molecule has 0 aromatic carbocycles. The molecule has 2 heteroatoms. The van der Waals surface area contributed by atoms with Crippen molar-refractivity contribution in [3.8, 4) is 0 Å². The van der Waals surface area contributed by atoms with Crippen LogP contribution in [0.2, 0.25) is 0 Å². The van der Waals surface area contributed by atoms with Crippen molar-refractivity contribution in [2.24, 2.45) is 5.92 Å². The Labute approximate surface area is 123 Å². The van der Waals surface area contributed by atoms with Crippen LogP contribution in [0, 0.1) is 5.92 Å². The van der Waals surface area contributed by atoms with Gasteiger partial charge in [0.15, 0.2) is 0 Å². The smallest absolute Gasteiger partial charge is 0.122 e. The van der Waals surface area contributed by atoms with Gasteiger partial charge in [0.25, 0.3) is 0 Å². The van der Waals surface area contributed by atoms with Gasteiger partial charge in [-0.05, 0) is 55.7 Å². The Morgan fingerprint density at radius 3 is 2.30 bits per heavy atom. The molecule has 0 heterocycles. The van der Waals surface area contributed by atoms with Crippen molar-refractivity contribution >= 4 is 0 Å². The van der Waals surface area contributed by atoms with Gasteiger partial charge in [-0.25, -0.2) is 4.39 Å². The molecule has 1 N–H and O–H groups in total. The molecule has 0 radical (unpaired) electrons. The lowest BCUT2D eigenvalue weighted by atomic mass is 9.86. The third kappa shape index (κ3) is 4.99. The largest absolute Gasteiger partial charge is 0.382 e. The van der Waals surface area contributed by atoms with Crippen molar-refractivity contribution in [3.63, 3.8) is 0 Å². The first kappa shape index (κ1) is 16.7. The molecule has 0 saturated heterocycles. The summed E-state index contributed by atoms with van der Waals surface area (Å²) in [5.74, 6) is 0.532. The van der Waals surface area contributed by atoms with E-state index in [1.807, 2.05) is 0 Å². The summed E-state index contributed by atoms with van der Waals surface area (Å²) < 4.78 is 13.5. The Kier molecular flexibility index (Phi) is 5.79. The van der Waals surface area contributed by atoms with E-state index in [4.69, 9.17) is 0 Å². The Bertz CT molecular complexity index is 435. The third-order valence-corrected chi connectivity index (χ3v) is 3.88. The average molecular weight is 277 g/mol. The maximum absolute atomic E-state index is 13.5. The minimum absolute atomic E-state index is 0.291. The highest BCUT2D eigenvalue weighted by Gasteiger charge is 2.17. The monoisotopic (exact) mass is 277 g/mol. The first-order valence-electron chi connectivity index (χ1n) is 7.45. The van der Waals surface area contributed by atoms with Crippen molar-refractivity contribution in [1.82, 2.24) is 5.32 Å². The molecule has 0 aliphatic heterocycles. The molecule has 20 heavy (non-hydrogen) atoms. The van der Waals surface area contributed by atoms with E-state index in [0.717, 1.165) is 30.5 Å². The molecule has 0 amide bonds. The van der Waals surface area contributed by atoms with Gasteiger partial charge in [0.2, 0.25) is 0 Å². The normalized spacial score (nSPS) is 17.1. The summed E-state index contributed by atoms with van der Waals surface area (Å²) >= 11 is 0. The van der Waals surface area contributed by atoms with Gasteiger partial charge in [0, 0.05) is 12.2 Å². The summed E-state index contributed by atoms with van der Waals surface area (Å²) in [6.07, 6.45) is 7.29. The molecule has 1 rings (SSSR count). The molecule has 0 aromatic heterocycles. The van der Waals surface area contributed by atoms with Crippen molar-refractivity contribution in [1.29, 1.82) is 0 Å². The zero-order chi connectivity index (χ0) is 15.3. The fourth-order valence-corrected chi connectivity index (χ4v) is 2.15. The van der Waals surface area contributed by atoms with Crippen LogP contribution in [0.4, 0.5) is 4.39 Å². The highest BCUT2D eigenvalue weighted by Crippen LogP contribution is 2.30. The van der Waals surface area contributed by atoms with Crippen molar-refractivity contribution in [3.05, 3.63) is 47.7 Å². The predicted octanol–water partition coefficient (Wildman–Crippen LogP) is 5.09. The summed E-state index contributed by atoms with van der Waals surface area (Å²) in [6.45, 7) is 16.0. The molecule has 0 aromatic rings. The topological polar surface area (TPSA) is 12.0 Å². The van der Waals surface area contributed by atoms with Gasteiger partial charge >= 0.3 is 0 Å². The Morgan fingerprint density at radius 1 is 1.30 bits per heavy atom. The standard InChI is InChI=1S/C18H28FN/c1-7-13(2)14(3)16-8-10-17(11-9-16)15(4)20-12-18(5,6)19/h8,10,13,20H,3-4,7,9,11-12H2,1-2,5-6H3. The lowest BCUT2D eigenvalue weighted by molar-refractivity contribution is 0.216. The molecule has 0 saturated carbocycles. The van der Waals surface area contributed by atoms with E-state index in [9.17, 15) is 4.39 Å². The summed E-state index contributed by atoms with van der Waals surface area (Å²) in [5.41, 5.74) is 3.35. The number of hydrogen-bond donors (Lipinski definition) is 1. The SMILES string of the molecule is C=C(NCC(C)(C)F)C1=CC=C(C(=C)C(C)CC)CC1. The van der Waals surface area contributed by atoms with Gasteiger partial charge < -0.3 is 5.32 Å². The Morgan fingerprint density at radius 2 is 1.85 bits per heavy atom. The quantitative estimate of drug-likeness (QED) is 0.683. The van der Waals surface area contributed by atoms with E-state index < -0.39 is 5.67 Å². The van der Waals surface area contributed by atoms with Gasteiger partial charge in [-0.2, -0.15) is 0 Å². The molecule has 1 aliphatic carbocycles. The van der Waals surface area contributed by atoms with E-state index in [-0.39, 0.29) is 0 Å². The van der Waals surface area contributed by atoms with Gasteiger partial charge in [-0.1, -0.05) is 39.2 Å². The van der Waals surface area contributed by atoms with Crippen LogP contribution in [-0.4, -0.2) is 12.2 Å². The minimum atomic E-state index is -1.22. The molecule has 0 fully saturated rings. The van der Waals surface area contributed by atoms with Crippen LogP contribution >= 0.6 is 0 Å². The lowest BCUT2D eigenvalue weighted by Crippen LogP contribution is -2.30. The van der Waals surface area contributed by atoms with Crippen molar-refractivity contribution in [2.75, 3.05) is 6.54 Å². The van der Waals surface area contributed by atoms with E-state index in [0.29, 0.717) is 12.5 Å².